The van der Waals surface area contributed by atoms with E-state index in [4.69, 9.17) is 9.47 Å². The number of rotatable bonds is 5. The second kappa shape index (κ2) is 7.06. The molecule has 130 valence electrons. The van der Waals surface area contributed by atoms with Crippen molar-refractivity contribution >= 4 is 0 Å². The van der Waals surface area contributed by atoms with Gasteiger partial charge < -0.3 is 9.47 Å². The van der Waals surface area contributed by atoms with E-state index >= 15 is 0 Å². The van der Waals surface area contributed by atoms with Crippen molar-refractivity contribution in [1.29, 1.82) is 0 Å². The van der Waals surface area contributed by atoms with E-state index in [2.05, 4.69) is 45.9 Å². The number of hydrogen-bond acceptors (Lipinski definition) is 6. The van der Waals surface area contributed by atoms with Crippen LogP contribution in [0.4, 0.5) is 0 Å². The summed E-state index contributed by atoms with van der Waals surface area (Å²) in [5.41, 5.74) is 3.28. The minimum atomic E-state index is 0.254. The van der Waals surface area contributed by atoms with Gasteiger partial charge in [0.05, 0.1) is 19.8 Å². The van der Waals surface area contributed by atoms with Crippen molar-refractivity contribution in [1.82, 2.24) is 20.2 Å². The van der Waals surface area contributed by atoms with Gasteiger partial charge in [-0.3, -0.25) is 0 Å². The highest BCUT2D eigenvalue weighted by atomic mass is 16.5. The van der Waals surface area contributed by atoms with Gasteiger partial charge in [-0.2, -0.15) is 4.98 Å². The Morgan fingerprint density at radius 3 is 2.60 bits per heavy atom. The molecular formula is C19H22N4O2. The van der Waals surface area contributed by atoms with Crippen LogP contribution in [-0.4, -0.2) is 34.4 Å². The summed E-state index contributed by atoms with van der Waals surface area (Å²) in [6.07, 6.45) is 2.81. The van der Waals surface area contributed by atoms with Gasteiger partial charge in [-0.05, 0) is 48.6 Å². The highest BCUT2D eigenvalue weighted by Gasteiger charge is 2.42. The minimum Gasteiger partial charge on any atom is -0.480 e. The fourth-order valence-corrected chi connectivity index (χ4v) is 3.13. The summed E-state index contributed by atoms with van der Waals surface area (Å²) in [6.45, 7) is 6.32. The Labute approximate surface area is 148 Å². The molecule has 1 fully saturated rings. The molecule has 2 aromatic rings. The second-order valence-electron chi connectivity index (χ2n) is 6.44. The first-order valence-electron chi connectivity index (χ1n) is 8.34. The molecule has 3 rings (SSSR count). The van der Waals surface area contributed by atoms with Crippen molar-refractivity contribution in [2.45, 2.75) is 33.1 Å². The molecule has 0 unspecified atom stereocenters. The normalized spacial score (nSPS) is 18.5. The first-order chi connectivity index (χ1) is 12.1. The van der Waals surface area contributed by atoms with Crippen LogP contribution in [0.15, 0.2) is 12.3 Å². The predicted molar refractivity (Wildman–Crippen MR) is 94.4 cm³/mol. The Balaban J connectivity index is 2.05. The van der Waals surface area contributed by atoms with Gasteiger partial charge in [0.2, 0.25) is 5.88 Å². The average Bonchev–Trinajstić information content (AvgIpc) is 3.42. The molecule has 0 aromatic carbocycles. The lowest BCUT2D eigenvalue weighted by atomic mass is 10.0. The summed E-state index contributed by atoms with van der Waals surface area (Å²) >= 11 is 0. The molecule has 0 aliphatic heterocycles. The second-order valence-corrected chi connectivity index (χ2v) is 6.44. The minimum absolute atomic E-state index is 0.254. The van der Waals surface area contributed by atoms with Gasteiger partial charge in [0, 0.05) is 6.20 Å². The molecule has 2 heterocycles. The largest absolute Gasteiger partial charge is 0.480 e. The lowest BCUT2D eigenvalue weighted by Gasteiger charge is -2.10. The van der Waals surface area contributed by atoms with E-state index in [1.54, 1.807) is 13.3 Å². The van der Waals surface area contributed by atoms with Crippen LogP contribution in [0.2, 0.25) is 0 Å². The van der Waals surface area contributed by atoms with Crippen LogP contribution in [-0.2, 0) is 0 Å². The van der Waals surface area contributed by atoms with Crippen molar-refractivity contribution in [3.8, 4) is 35.0 Å². The number of aromatic nitrogens is 4. The van der Waals surface area contributed by atoms with Crippen LogP contribution in [0, 0.1) is 23.7 Å². The number of nitrogens with zero attached hydrogens (tertiary/aromatic N) is 4. The zero-order valence-corrected chi connectivity index (χ0v) is 15.2. The van der Waals surface area contributed by atoms with Crippen molar-refractivity contribution < 1.29 is 9.47 Å². The van der Waals surface area contributed by atoms with Gasteiger partial charge in [-0.1, -0.05) is 19.8 Å². The highest BCUT2D eigenvalue weighted by molar-refractivity contribution is 5.65. The summed E-state index contributed by atoms with van der Waals surface area (Å²) in [4.78, 5) is 8.39. The standard InChI is InChI=1S/C19H22N4O2/c1-6-7-16-14(13-8-12(13)11(2)3)9-17(23-22-16)15-10-20-19(25-5)21-18(15)24-4/h9-13H,8H2,1-5H3/t12-,13+/m1/s1. The van der Waals surface area contributed by atoms with Gasteiger partial charge in [0.25, 0.3) is 0 Å². The van der Waals surface area contributed by atoms with Gasteiger partial charge in [0.1, 0.15) is 11.4 Å². The third-order valence-electron chi connectivity index (χ3n) is 4.55. The number of ether oxygens (including phenoxy) is 2. The smallest absolute Gasteiger partial charge is 0.319 e. The van der Waals surface area contributed by atoms with Crippen LogP contribution in [0.3, 0.4) is 0 Å². The third kappa shape index (κ3) is 3.41. The quantitative estimate of drug-likeness (QED) is 0.780. The summed E-state index contributed by atoms with van der Waals surface area (Å²) in [5.74, 6) is 8.21. The Morgan fingerprint density at radius 1 is 1.20 bits per heavy atom. The predicted octanol–water partition coefficient (Wildman–Crippen LogP) is 3.08. The monoisotopic (exact) mass is 338 g/mol. The molecule has 0 saturated heterocycles. The zero-order chi connectivity index (χ0) is 18.0. The molecule has 1 aliphatic carbocycles. The molecular weight excluding hydrogens is 316 g/mol. The molecule has 6 heteroatoms. The summed E-state index contributed by atoms with van der Waals surface area (Å²) in [6, 6.07) is 2.30. The maximum atomic E-state index is 5.37. The van der Waals surface area contributed by atoms with Crippen LogP contribution in [0.1, 0.15) is 44.4 Å². The maximum Gasteiger partial charge on any atom is 0.319 e. The van der Waals surface area contributed by atoms with E-state index in [1.807, 2.05) is 13.0 Å². The van der Waals surface area contributed by atoms with E-state index in [-0.39, 0.29) is 6.01 Å². The van der Waals surface area contributed by atoms with Crippen LogP contribution >= 0.6 is 0 Å². The van der Waals surface area contributed by atoms with Crippen molar-refractivity contribution in [2.24, 2.45) is 11.8 Å². The first kappa shape index (κ1) is 17.2. The van der Waals surface area contributed by atoms with Crippen LogP contribution < -0.4 is 9.47 Å². The third-order valence-corrected chi connectivity index (χ3v) is 4.55. The lowest BCUT2D eigenvalue weighted by Crippen LogP contribution is -2.03. The molecule has 6 nitrogen and oxygen atoms in total. The molecule has 25 heavy (non-hydrogen) atoms. The molecule has 0 bridgehead atoms. The number of methoxy groups -OCH3 is 2. The zero-order valence-electron chi connectivity index (χ0n) is 15.2. The van der Waals surface area contributed by atoms with Gasteiger partial charge in [0.15, 0.2) is 0 Å². The van der Waals surface area contributed by atoms with E-state index in [1.165, 1.54) is 7.11 Å². The molecule has 1 aliphatic rings. The Morgan fingerprint density at radius 2 is 2.00 bits per heavy atom. The summed E-state index contributed by atoms with van der Waals surface area (Å²) in [5, 5.41) is 8.67. The summed E-state index contributed by atoms with van der Waals surface area (Å²) < 4.78 is 10.4. The van der Waals surface area contributed by atoms with Gasteiger partial charge >= 0.3 is 6.01 Å². The average molecular weight is 338 g/mol. The molecule has 2 aromatic heterocycles. The molecule has 1 saturated carbocycles. The Bertz CT molecular complexity index is 839. The van der Waals surface area contributed by atoms with Crippen LogP contribution in [0.25, 0.3) is 11.3 Å². The SMILES string of the molecule is CC#Cc1nnc(-c2cnc(OC)nc2OC)cc1[C@H]1C[C@@H]1C(C)C. The van der Waals surface area contributed by atoms with E-state index in [0.29, 0.717) is 34.9 Å². The fraction of sp³-hybridized carbons (Fsp3) is 0.474. The highest BCUT2D eigenvalue weighted by Crippen LogP contribution is 2.52. The van der Waals surface area contributed by atoms with E-state index < -0.39 is 0 Å². The van der Waals surface area contributed by atoms with Crippen molar-refractivity contribution in [3.63, 3.8) is 0 Å². The Kier molecular flexibility index (Phi) is 4.84. The topological polar surface area (TPSA) is 70.0 Å². The fourth-order valence-electron chi connectivity index (χ4n) is 3.13. The summed E-state index contributed by atoms with van der Waals surface area (Å²) in [7, 11) is 3.08. The molecule has 2 atom stereocenters. The molecule has 0 spiro atoms. The van der Waals surface area contributed by atoms with Crippen molar-refractivity contribution in [3.05, 3.63) is 23.5 Å². The molecule has 0 amide bonds. The van der Waals surface area contributed by atoms with Crippen LogP contribution in [0.5, 0.6) is 11.9 Å². The molecule has 0 radical (unpaired) electrons. The van der Waals surface area contributed by atoms with E-state index in [0.717, 1.165) is 17.7 Å². The Hall–Kier alpha value is -2.68. The van der Waals surface area contributed by atoms with E-state index in [9.17, 15) is 0 Å². The van der Waals surface area contributed by atoms with Gasteiger partial charge in [-0.25, -0.2) is 4.98 Å². The number of hydrogen-bond donors (Lipinski definition) is 0. The van der Waals surface area contributed by atoms with Crippen molar-refractivity contribution in [2.75, 3.05) is 14.2 Å². The molecule has 0 N–H and O–H groups in total. The first-order valence-corrected chi connectivity index (χ1v) is 8.34. The lowest BCUT2D eigenvalue weighted by molar-refractivity contribution is 0.353. The van der Waals surface area contributed by atoms with Gasteiger partial charge in [-0.15, -0.1) is 10.2 Å². The maximum absolute atomic E-state index is 5.37.